The number of hydrogen-bond donors (Lipinski definition) is 6. The number of rotatable bonds is 12. The number of anilines is 4. The van der Waals surface area contributed by atoms with Gasteiger partial charge >= 0.3 is 23.7 Å². The van der Waals surface area contributed by atoms with Crippen molar-refractivity contribution >= 4 is 64.3 Å². The minimum absolute atomic E-state index is 0.0729. The van der Waals surface area contributed by atoms with Gasteiger partial charge < -0.3 is 34.4 Å². The lowest BCUT2D eigenvalue weighted by atomic mass is 9.74. The molecule has 0 atom stereocenters. The quantitative estimate of drug-likeness (QED) is 0.0623. The van der Waals surface area contributed by atoms with Crippen LogP contribution in [0.3, 0.4) is 0 Å². The third-order valence-corrected chi connectivity index (χ3v) is 13.9. The van der Waals surface area contributed by atoms with Crippen molar-refractivity contribution in [2.24, 2.45) is 0 Å². The number of aromatic nitrogens is 10. The smallest absolute Gasteiger partial charge is 0.475 e. The van der Waals surface area contributed by atoms with Crippen LogP contribution in [0.25, 0.3) is 0 Å². The van der Waals surface area contributed by atoms with Crippen molar-refractivity contribution in [1.29, 1.82) is 0 Å². The number of carbonyl (C=O) groups is 3. The summed E-state index contributed by atoms with van der Waals surface area (Å²) in [6.07, 6.45) is 0.871. The van der Waals surface area contributed by atoms with Crippen LogP contribution in [0.15, 0.2) is 116 Å². The van der Waals surface area contributed by atoms with Crippen molar-refractivity contribution in [3.05, 3.63) is 174 Å². The van der Waals surface area contributed by atoms with Gasteiger partial charge in [0.25, 0.3) is 11.8 Å². The molecular weight excluding hydrogens is 1110 g/mol. The fraction of sp³-hybridized carbons (Fsp3) is 0.327. The van der Waals surface area contributed by atoms with Gasteiger partial charge in [0, 0.05) is 62.5 Å². The number of carboxylic acid groups (broad SMARTS) is 1. The second kappa shape index (κ2) is 24.3. The van der Waals surface area contributed by atoms with Gasteiger partial charge in [0.1, 0.15) is 23.3 Å². The summed E-state index contributed by atoms with van der Waals surface area (Å²) in [4.78, 5) is 71.2. The van der Waals surface area contributed by atoms with E-state index in [1.54, 1.807) is 40.4 Å². The number of benzene rings is 2. The van der Waals surface area contributed by atoms with E-state index in [1.807, 2.05) is 47.1 Å². The van der Waals surface area contributed by atoms with Crippen LogP contribution in [-0.2, 0) is 34.0 Å². The Hall–Kier alpha value is -8.72. The van der Waals surface area contributed by atoms with E-state index in [4.69, 9.17) is 46.9 Å². The third kappa shape index (κ3) is 14.0. The molecule has 10 rings (SSSR count). The molecule has 426 valence electrons. The first kappa shape index (κ1) is 58.4. The number of piperidine rings is 2. The van der Waals surface area contributed by atoms with Gasteiger partial charge in [-0.3, -0.25) is 14.7 Å². The second-order valence-electron chi connectivity index (χ2n) is 19.9. The monoisotopic (exact) mass is 1160 g/mol. The Morgan fingerprint density at radius 3 is 1.49 bits per heavy atom. The standard InChI is InChI=1S/C27H29ClFN7O3.C23H21ClFN7O3.C2HF3O2/c1-26(2,3)36-21(10-13-30-36)32-20-9-4-6-17(31-20)16-27(24-33-34-25(38)39-24)11-14-35(15-12-27)23(37)18-7-5-8-19(28)22(18)29;24-16-5-2-4-15(19(16)25)20(33)32-11-8-23(9-12-32,21-30-31-22(34)35-21)13-14-3-1-6-17(27-14)28-18-7-10-26-29-18;3-2(4,5)1(6)7/h4-10,13H,11-12,14-16H2,1-3H3,(H,31,32)(H,34,38);1-7,10H,8-9,11-13H2,(H,31,34)(H2,26,27,28,29);(H,6,7). The number of pyridine rings is 2. The van der Waals surface area contributed by atoms with Crippen molar-refractivity contribution in [3.8, 4) is 0 Å². The number of amides is 2. The van der Waals surface area contributed by atoms with Crippen molar-refractivity contribution in [3.63, 3.8) is 0 Å². The highest BCUT2D eigenvalue weighted by Crippen LogP contribution is 2.40. The van der Waals surface area contributed by atoms with Gasteiger partial charge in [0.2, 0.25) is 11.8 Å². The Balaban J connectivity index is 0.000000191. The number of likely N-dealkylation sites (tertiary alicyclic amines) is 2. The number of halogens is 7. The molecule has 0 aliphatic carbocycles. The number of H-pyrrole nitrogens is 3. The largest absolute Gasteiger partial charge is 0.490 e. The Morgan fingerprint density at radius 1 is 0.654 bits per heavy atom. The predicted molar refractivity (Wildman–Crippen MR) is 283 cm³/mol. The van der Waals surface area contributed by atoms with Gasteiger partial charge in [0.15, 0.2) is 11.6 Å². The molecule has 0 spiro atoms. The first-order valence-electron chi connectivity index (χ1n) is 24.8. The van der Waals surface area contributed by atoms with Crippen LogP contribution in [0.1, 0.15) is 90.3 Å². The van der Waals surface area contributed by atoms with Crippen LogP contribution >= 0.6 is 23.2 Å². The fourth-order valence-corrected chi connectivity index (χ4v) is 9.67. The summed E-state index contributed by atoms with van der Waals surface area (Å²) in [6, 6.07) is 23.6. The van der Waals surface area contributed by atoms with Gasteiger partial charge in [-0.25, -0.2) is 48.0 Å². The maximum atomic E-state index is 14.5. The van der Waals surface area contributed by atoms with Crippen LogP contribution in [0.4, 0.5) is 45.2 Å². The number of nitrogens with zero attached hydrogens (tertiary/aromatic N) is 9. The zero-order valence-electron chi connectivity index (χ0n) is 43.3. The van der Waals surface area contributed by atoms with E-state index in [9.17, 15) is 41.1 Å². The van der Waals surface area contributed by atoms with Gasteiger partial charge in [-0.1, -0.05) is 47.5 Å². The van der Waals surface area contributed by atoms with Crippen molar-refractivity contribution in [1.82, 2.24) is 60.1 Å². The van der Waals surface area contributed by atoms with E-state index in [1.165, 1.54) is 24.3 Å². The summed E-state index contributed by atoms with van der Waals surface area (Å²) in [5.41, 5.74) is -0.227. The summed E-state index contributed by atoms with van der Waals surface area (Å²) in [6.45, 7) is 7.44. The summed E-state index contributed by atoms with van der Waals surface area (Å²) in [5.74, 6) is -3.12. The van der Waals surface area contributed by atoms with E-state index < -0.39 is 57.9 Å². The minimum Gasteiger partial charge on any atom is -0.475 e. The number of aliphatic carboxylic acids is 1. The molecular formula is C52H51Cl2F5N14O8. The zero-order valence-corrected chi connectivity index (χ0v) is 44.8. The summed E-state index contributed by atoms with van der Waals surface area (Å²) < 4.78 is 73.4. The highest BCUT2D eigenvalue weighted by atomic mass is 35.5. The topological polar surface area (TPSA) is 292 Å². The normalized spacial score (nSPS) is 14.9. The molecule has 6 N–H and O–H groups in total. The number of carbonyl (C=O) groups excluding carboxylic acids is 2. The minimum atomic E-state index is -5.08. The van der Waals surface area contributed by atoms with Gasteiger partial charge in [0.05, 0.1) is 49.9 Å². The number of alkyl halides is 3. The molecule has 2 fully saturated rings. The van der Waals surface area contributed by atoms with E-state index in [0.29, 0.717) is 82.2 Å². The maximum Gasteiger partial charge on any atom is 0.490 e. The molecule has 29 heteroatoms. The van der Waals surface area contributed by atoms with Crippen molar-refractivity contribution in [2.75, 3.05) is 36.8 Å². The molecule has 0 unspecified atom stereocenters. The molecule has 0 saturated carbocycles. The average Bonchev–Trinajstić information content (AvgIpc) is 4.33. The Kier molecular flexibility index (Phi) is 17.6. The maximum absolute atomic E-state index is 14.5. The Labute approximate surface area is 466 Å². The predicted octanol–water partition coefficient (Wildman–Crippen LogP) is 8.73. The number of aromatic amines is 3. The lowest BCUT2D eigenvalue weighted by Gasteiger charge is -2.39. The highest BCUT2D eigenvalue weighted by Gasteiger charge is 2.44. The molecule has 22 nitrogen and oxygen atoms in total. The molecule has 81 heavy (non-hydrogen) atoms. The zero-order chi connectivity index (χ0) is 58.3. The number of carboxylic acids is 1. The Bertz CT molecular complexity index is 3620. The molecule has 8 heterocycles. The third-order valence-electron chi connectivity index (χ3n) is 13.4. The van der Waals surface area contributed by atoms with Crippen molar-refractivity contribution in [2.45, 2.75) is 81.8 Å². The molecule has 2 aromatic carbocycles. The molecule has 0 radical (unpaired) electrons. The molecule has 2 aliphatic rings. The van der Waals surface area contributed by atoms with E-state index in [-0.39, 0.29) is 38.5 Å². The van der Waals surface area contributed by atoms with Crippen LogP contribution < -0.4 is 22.1 Å². The molecule has 0 bridgehead atoms. The number of nitrogens with one attached hydrogen (secondary N) is 5. The van der Waals surface area contributed by atoms with Crippen LogP contribution in [0.5, 0.6) is 0 Å². The first-order valence-corrected chi connectivity index (χ1v) is 25.6. The van der Waals surface area contributed by atoms with Crippen molar-refractivity contribution < 1.29 is 50.3 Å². The lowest BCUT2D eigenvalue weighted by Crippen LogP contribution is -2.46. The van der Waals surface area contributed by atoms with Gasteiger partial charge in [-0.2, -0.15) is 23.4 Å². The van der Waals surface area contributed by atoms with Gasteiger partial charge in [-0.05, 0) is 95.0 Å². The second-order valence-corrected chi connectivity index (χ2v) is 20.7. The van der Waals surface area contributed by atoms with E-state index in [2.05, 4.69) is 72.1 Å². The van der Waals surface area contributed by atoms with Crippen LogP contribution in [0, 0.1) is 11.6 Å². The molecule has 8 aromatic rings. The molecule has 2 aliphatic heterocycles. The van der Waals surface area contributed by atoms with Crippen LogP contribution in [-0.4, -0.2) is 115 Å². The summed E-state index contributed by atoms with van der Waals surface area (Å²) in [7, 11) is 0. The summed E-state index contributed by atoms with van der Waals surface area (Å²) >= 11 is 11.7. The molecule has 6 aromatic heterocycles. The Morgan fingerprint density at radius 2 is 1.10 bits per heavy atom. The molecule has 2 amide bonds. The summed E-state index contributed by atoms with van der Waals surface area (Å²) in [5, 5.41) is 37.5. The molecule has 2 saturated heterocycles. The highest BCUT2D eigenvalue weighted by molar-refractivity contribution is 6.31. The number of hydrogen-bond acceptors (Lipinski definition) is 15. The fourth-order valence-electron chi connectivity index (χ4n) is 9.32. The average molecular weight is 1170 g/mol. The van der Waals surface area contributed by atoms with E-state index >= 15 is 0 Å². The SMILES string of the molecule is CC(C)(C)n1nccc1Nc1cccc(CC2(c3n[nH]c(=O)o3)CCN(C(=O)c3cccc(Cl)c3F)CC2)n1.O=C(O)C(F)(F)F.O=C(c1cccc(Cl)c1F)N1CCC(Cc2cccc(Nc3ccn[nH]3)n2)(c2n[nH]c(=O)o2)CC1. The van der Waals surface area contributed by atoms with E-state index in [0.717, 1.165) is 17.2 Å². The lowest BCUT2D eigenvalue weighted by molar-refractivity contribution is -0.192. The van der Waals surface area contributed by atoms with Gasteiger partial charge in [-0.15, -0.1) is 10.2 Å². The van der Waals surface area contributed by atoms with Crippen LogP contribution in [0.2, 0.25) is 10.0 Å². The first-order chi connectivity index (χ1) is 38.4.